The zero-order valence-electron chi connectivity index (χ0n) is 27.0. The predicted molar refractivity (Wildman–Crippen MR) is 185 cm³/mol. The summed E-state index contributed by atoms with van der Waals surface area (Å²) >= 11 is 1.43. The van der Waals surface area contributed by atoms with E-state index < -0.39 is 6.04 Å². The smallest absolute Gasteiger partial charge is 0.345 e. The van der Waals surface area contributed by atoms with Gasteiger partial charge in [-0.25, -0.2) is 4.79 Å². The maximum absolute atomic E-state index is 14.3. The molecule has 0 radical (unpaired) electrons. The molecule has 4 amide bonds. The minimum absolute atomic E-state index is 0.0259. The van der Waals surface area contributed by atoms with Crippen molar-refractivity contribution in [2.75, 3.05) is 20.6 Å². The molecule has 1 saturated carbocycles. The van der Waals surface area contributed by atoms with Crippen LogP contribution >= 0.6 is 11.8 Å². The van der Waals surface area contributed by atoms with Gasteiger partial charge in [-0.1, -0.05) is 30.0 Å². The van der Waals surface area contributed by atoms with Crippen molar-refractivity contribution >= 4 is 58.6 Å². The Kier molecular flexibility index (Phi) is 10.2. The molecule has 0 bridgehead atoms. The lowest BCUT2D eigenvalue weighted by Gasteiger charge is -2.30. The monoisotopic (exact) mass is 665 g/mol. The minimum atomic E-state index is -0.613. The van der Waals surface area contributed by atoms with Gasteiger partial charge in [0.25, 0.3) is 5.91 Å². The van der Waals surface area contributed by atoms with Crippen molar-refractivity contribution in [3.05, 3.63) is 83.8 Å². The molecule has 2 aromatic carbocycles. The Hall–Kier alpha value is -4.97. The van der Waals surface area contributed by atoms with Crippen molar-refractivity contribution in [3.8, 4) is 0 Å². The molecule has 11 nitrogen and oxygen atoms in total. The van der Waals surface area contributed by atoms with Crippen molar-refractivity contribution in [2.24, 2.45) is 5.92 Å². The number of benzene rings is 2. The molecule has 4 aromatic rings. The molecule has 6 rings (SSSR count). The van der Waals surface area contributed by atoms with E-state index in [9.17, 15) is 19.2 Å². The Morgan fingerprint density at radius 3 is 2.42 bits per heavy atom. The lowest BCUT2D eigenvalue weighted by molar-refractivity contribution is -0.126. The molecule has 3 N–H and O–H groups in total. The van der Waals surface area contributed by atoms with Gasteiger partial charge in [0.1, 0.15) is 6.04 Å². The minimum Gasteiger partial charge on any atom is -0.359 e. The van der Waals surface area contributed by atoms with Crippen LogP contribution in [0.1, 0.15) is 60.3 Å². The summed E-state index contributed by atoms with van der Waals surface area (Å²) in [6.07, 6.45) is 9.57. The van der Waals surface area contributed by atoms with Crippen LogP contribution in [0.5, 0.6) is 0 Å². The molecule has 2 fully saturated rings. The summed E-state index contributed by atoms with van der Waals surface area (Å²) in [4.78, 5) is 60.0. The van der Waals surface area contributed by atoms with Gasteiger partial charge in [0.05, 0.1) is 22.5 Å². The van der Waals surface area contributed by atoms with Crippen LogP contribution < -0.4 is 16.0 Å². The Labute approximate surface area is 283 Å². The van der Waals surface area contributed by atoms with Crippen molar-refractivity contribution in [3.63, 3.8) is 0 Å². The first kappa shape index (κ1) is 33.0. The number of hydrogen-bond donors (Lipinski definition) is 3. The standard InChI is InChI=1S/C36H39N7O4S/c1-37-33(44)23-12-14-25(15-13-23)40-35(46)30-10-7-21-42(30)36(47)43-31-22-26(48-32-11-4-3-9-28(32)34(45)38-2)17-18-27(31)29(41-43)19-16-24-8-5-6-20-39-24/h3-6,8-9,11,16-20,22-23,25,30H,7,10,12-15,21H2,1-2H3,(H,37,44)(H,38,45)(H,40,46)/b19-16+/t23?,25?,30-/m0/s1. The molecule has 1 saturated heterocycles. The second-order valence-electron chi connectivity index (χ2n) is 12.0. The molecule has 48 heavy (non-hydrogen) atoms. The van der Waals surface area contributed by atoms with Gasteiger partial charge in [-0.05, 0) is 93.1 Å². The Bertz CT molecular complexity index is 1850. The van der Waals surface area contributed by atoms with Gasteiger partial charge in [-0.15, -0.1) is 0 Å². The Balaban J connectivity index is 1.28. The fourth-order valence-electron chi connectivity index (χ4n) is 6.49. The zero-order valence-corrected chi connectivity index (χ0v) is 27.8. The van der Waals surface area contributed by atoms with Gasteiger partial charge in [0.15, 0.2) is 0 Å². The normalized spacial score (nSPS) is 19.4. The summed E-state index contributed by atoms with van der Waals surface area (Å²) in [5.74, 6) is -0.329. The average Bonchev–Trinajstić information content (AvgIpc) is 3.76. The van der Waals surface area contributed by atoms with E-state index in [-0.39, 0.29) is 35.7 Å². The Morgan fingerprint density at radius 2 is 1.67 bits per heavy atom. The zero-order chi connectivity index (χ0) is 33.6. The van der Waals surface area contributed by atoms with Crippen LogP contribution in [0.2, 0.25) is 0 Å². The number of pyridine rings is 1. The van der Waals surface area contributed by atoms with Crippen LogP contribution in [0, 0.1) is 5.92 Å². The van der Waals surface area contributed by atoms with Crippen LogP contribution in [0.4, 0.5) is 4.79 Å². The van der Waals surface area contributed by atoms with E-state index in [4.69, 9.17) is 5.10 Å². The number of rotatable bonds is 8. The van der Waals surface area contributed by atoms with Gasteiger partial charge in [-0.3, -0.25) is 19.4 Å². The third-order valence-corrected chi connectivity index (χ3v) is 10.1. The molecule has 2 aliphatic rings. The van der Waals surface area contributed by atoms with Crippen LogP contribution in [-0.2, 0) is 9.59 Å². The van der Waals surface area contributed by atoms with Crippen LogP contribution in [0.3, 0.4) is 0 Å². The first-order chi connectivity index (χ1) is 23.4. The Morgan fingerprint density at radius 1 is 0.875 bits per heavy atom. The highest BCUT2D eigenvalue weighted by molar-refractivity contribution is 7.99. The third kappa shape index (κ3) is 7.13. The first-order valence-electron chi connectivity index (χ1n) is 16.3. The molecular formula is C36H39N7O4S. The molecule has 1 atom stereocenters. The number of nitrogens with zero attached hydrogens (tertiary/aromatic N) is 4. The summed E-state index contributed by atoms with van der Waals surface area (Å²) in [5, 5.41) is 14.1. The summed E-state index contributed by atoms with van der Waals surface area (Å²) < 4.78 is 1.39. The van der Waals surface area contributed by atoms with Crippen LogP contribution in [0.15, 0.2) is 76.7 Å². The van der Waals surface area contributed by atoms with Gasteiger partial charge in [0.2, 0.25) is 11.8 Å². The molecule has 248 valence electrons. The molecule has 0 spiro atoms. The van der Waals surface area contributed by atoms with Gasteiger partial charge < -0.3 is 20.9 Å². The number of fused-ring (bicyclic) bond motifs is 1. The molecule has 12 heteroatoms. The highest BCUT2D eigenvalue weighted by Crippen LogP contribution is 2.34. The van der Waals surface area contributed by atoms with Crippen LogP contribution in [0.25, 0.3) is 23.1 Å². The number of carbonyl (C=O) groups excluding carboxylic acids is 4. The van der Waals surface area contributed by atoms with E-state index in [2.05, 4.69) is 20.9 Å². The average molecular weight is 666 g/mol. The first-order valence-corrected chi connectivity index (χ1v) is 17.1. The fourth-order valence-corrected chi connectivity index (χ4v) is 7.46. The van der Waals surface area contributed by atoms with Crippen molar-refractivity contribution in [1.82, 2.24) is 35.6 Å². The molecule has 1 aliphatic heterocycles. The van der Waals surface area contributed by atoms with Crippen molar-refractivity contribution in [1.29, 1.82) is 0 Å². The number of amides is 4. The largest absolute Gasteiger partial charge is 0.359 e. The number of nitrogens with one attached hydrogen (secondary N) is 3. The summed E-state index contributed by atoms with van der Waals surface area (Å²) in [5.41, 5.74) is 2.51. The fraction of sp³-hybridized carbons (Fsp3) is 0.333. The van der Waals surface area contributed by atoms with Crippen molar-refractivity contribution in [2.45, 2.75) is 60.4 Å². The molecule has 1 aliphatic carbocycles. The molecule has 0 unspecified atom stereocenters. The summed E-state index contributed by atoms with van der Waals surface area (Å²) in [6, 6.07) is 17.8. The lowest BCUT2D eigenvalue weighted by Crippen LogP contribution is -2.50. The number of hydrogen-bond acceptors (Lipinski definition) is 7. The maximum Gasteiger partial charge on any atom is 0.345 e. The van der Waals surface area contributed by atoms with Gasteiger partial charge >= 0.3 is 6.03 Å². The number of aromatic nitrogens is 3. The van der Waals surface area contributed by atoms with E-state index in [1.54, 1.807) is 31.3 Å². The van der Waals surface area contributed by atoms with Crippen LogP contribution in [-0.4, -0.2) is 76.1 Å². The summed E-state index contributed by atoms with van der Waals surface area (Å²) in [7, 11) is 3.25. The van der Waals surface area contributed by atoms with E-state index >= 15 is 0 Å². The number of likely N-dealkylation sites (tertiary alicyclic amines) is 1. The topological polar surface area (TPSA) is 138 Å². The number of carbonyl (C=O) groups is 4. The van der Waals surface area contributed by atoms with E-state index in [0.29, 0.717) is 36.2 Å². The quantitative estimate of drug-likeness (QED) is 0.242. The summed E-state index contributed by atoms with van der Waals surface area (Å²) in [6.45, 7) is 0.439. The third-order valence-electron chi connectivity index (χ3n) is 9.04. The van der Waals surface area contributed by atoms with E-state index in [1.807, 2.05) is 66.7 Å². The van der Waals surface area contributed by atoms with Gasteiger partial charge in [0, 0.05) is 54.0 Å². The predicted octanol–water partition coefficient (Wildman–Crippen LogP) is 4.97. The van der Waals surface area contributed by atoms with E-state index in [0.717, 1.165) is 46.6 Å². The highest BCUT2D eigenvalue weighted by Gasteiger charge is 2.37. The maximum atomic E-state index is 14.3. The van der Waals surface area contributed by atoms with E-state index in [1.165, 1.54) is 16.4 Å². The molecular weight excluding hydrogens is 627 g/mol. The second kappa shape index (κ2) is 14.8. The highest BCUT2D eigenvalue weighted by atomic mass is 32.2. The van der Waals surface area contributed by atoms with Crippen molar-refractivity contribution < 1.29 is 19.2 Å². The second-order valence-corrected chi connectivity index (χ2v) is 13.2. The van der Waals surface area contributed by atoms with Gasteiger partial charge in [-0.2, -0.15) is 9.78 Å². The molecule has 2 aromatic heterocycles. The molecule has 3 heterocycles. The lowest BCUT2D eigenvalue weighted by atomic mass is 9.85. The SMILES string of the molecule is CNC(=O)c1ccccc1Sc1ccc2c(/C=C/c3ccccn3)nn(C(=O)N3CCC[C@H]3C(=O)NC3CCC(C(=O)NC)CC3)c2c1.